The van der Waals surface area contributed by atoms with Gasteiger partial charge in [0, 0.05) is 35.4 Å². The lowest BCUT2D eigenvalue weighted by atomic mass is 10.1. The Bertz CT molecular complexity index is 1120. The van der Waals surface area contributed by atoms with Crippen LogP contribution < -0.4 is 10.6 Å². The largest absolute Gasteiger partial charge is 0.361 e. The van der Waals surface area contributed by atoms with Crippen molar-refractivity contribution in [3.8, 4) is 0 Å². The predicted octanol–water partition coefficient (Wildman–Crippen LogP) is 4.93. The molecule has 0 bridgehead atoms. The number of rotatable bonds is 6. The van der Waals surface area contributed by atoms with Crippen LogP contribution in [0.25, 0.3) is 10.9 Å². The maximum absolute atomic E-state index is 12.5. The number of para-hydroxylation sites is 2. The lowest BCUT2D eigenvalue weighted by molar-refractivity contribution is 0.0954. The van der Waals surface area contributed by atoms with Gasteiger partial charge < -0.3 is 15.6 Å². The number of H-pyrrole nitrogens is 1. The summed E-state index contributed by atoms with van der Waals surface area (Å²) in [4.78, 5) is 20.0. The van der Waals surface area contributed by atoms with Crippen molar-refractivity contribution in [2.45, 2.75) is 6.42 Å². The molecule has 0 spiro atoms. The minimum Gasteiger partial charge on any atom is -0.361 e. The standard InChI is InChI=1S/C22H19ClN4O/c23-18-6-2-4-8-20(18)27-21-13-15(9-11-24-21)22(28)25-12-10-16-14-26-19-7-3-1-5-17(16)19/h1-9,11,13-14,26H,10,12H2,(H,24,27)(H,25,28). The molecular weight excluding hydrogens is 372 g/mol. The van der Waals surface area contributed by atoms with E-state index < -0.39 is 0 Å². The van der Waals surface area contributed by atoms with Crippen LogP contribution in [0.2, 0.25) is 5.02 Å². The van der Waals surface area contributed by atoms with Crippen molar-refractivity contribution in [1.29, 1.82) is 0 Å². The van der Waals surface area contributed by atoms with Gasteiger partial charge >= 0.3 is 0 Å². The van der Waals surface area contributed by atoms with Gasteiger partial charge in [-0.05, 0) is 42.3 Å². The van der Waals surface area contributed by atoms with Gasteiger partial charge in [-0.3, -0.25) is 4.79 Å². The Hall–Kier alpha value is -3.31. The van der Waals surface area contributed by atoms with Gasteiger partial charge in [0.15, 0.2) is 0 Å². The van der Waals surface area contributed by atoms with Gasteiger partial charge in [0.1, 0.15) is 5.82 Å². The van der Waals surface area contributed by atoms with Crippen molar-refractivity contribution < 1.29 is 4.79 Å². The van der Waals surface area contributed by atoms with Crippen LogP contribution in [0.1, 0.15) is 15.9 Å². The molecule has 5 nitrogen and oxygen atoms in total. The summed E-state index contributed by atoms with van der Waals surface area (Å²) in [5.74, 6) is 0.432. The second-order valence-electron chi connectivity index (χ2n) is 6.40. The van der Waals surface area contributed by atoms with Crippen LogP contribution in [-0.2, 0) is 6.42 Å². The highest BCUT2D eigenvalue weighted by atomic mass is 35.5. The summed E-state index contributed by atoms with van der Waals surface area (Å²) < 4.78 is 0. The molecule has 4 aromatic rings. The summed E-state index contributed by atoms with van der Waals surface area (Å²) in [6, 6.07) is 18.9. The first kappa shape index (κ1) is 18.1. The molecule has 0 saturated carbocycles. The van der Waals surface area contributed by atoms with Crippen molar-refractivity contribution in [1.82, 2.24) is 15.3 Å². The molecule has 0 fully saturated rings. The second kappa shape index (κ2) is 8.15. The van der Waals surface area contributed by atoms with Gasteiger partial charge in [0.05, 0.1) is 10.7 Å². The number of hydrogen-bond acceptors (Lipinski definition) is 3. The third-order valence-corrected chi connectivity index (χ3v) is 4.84. The van der Waals surface area contributed by atoms with Crippen LogP contribution in [0, 0.1) is 0 Å². The molecule has 3 N–H and O–H groups in total. The number of carbonyl (C=O) groups is 1. The van der Waals surface area contributed by atoms with Crippen molar-refractivity contribution in [2.75, 3.05) is 11.9 Å². The first-order chi connectivity index (χ1) is 13.7. The summed E-state index contributed by atoms with van der Waals surface area (Å²) in [6.07, 6.45) is 4.36. The molecule has 0 unspecified atom stereocenters. The average Bonchev–Trinajstić information content (AvgIpc) is 3.13. The minimum atomic E-state index is -0.135. The first-order valence-electron chi connectivity index (χ1n) is 9.01. The molecule has 2 heterocycles. The Labute approximate surface area is 167 Å². The maximum Gasteiger partial charge on any atom is 0.251 e. The van der Waals surface area contributed by atoms with E-state index in [-0.39, 0.29) is 5.91 Å². The van der Waals surface area contributed by atoms with Crippen LogP contribution >= 0.6 is 11.6 Å². The zero-order chi connectivity index (χ0) is 19.3. The van der Waals surface area contributed by atoms with Crippen molar-refractivity contribution >= 4 is 39.9 Å². The Morgan fingerprint density at radius 1 is 1.07 bits per heavy atom. The monoisotopic (exact) mass is 390 g/mol. The van der Waals surface area contributed by atoms with Crippen LogP contribution in [0.4, 0.5) is 11.5 Å². The molecule has 2 aromatic carbocycles. The van der Waals surface area contributed by atoms with E-state index in [1.807, 2.05) is 42.6 Å². The Balaban J connectivity index is 1.39. The number of benzene rings is 2. The molecule has 0 atom stereocenters. The van der Waals surface area contributed by atoms with Gasteiger partial charge in [-0.1, -0.05) is 41.9 Å². The fourth-order valence-corrected chi connectivity index (χ4v) is 3.27. The number of carbonyl (C=O) groups excluding carboxylic acids is 1. The summed E-state index contributed by atoms with van der Waals surface area (Å²) >= 11 is 6.16. The van der Waals surface area contributed by atoms with Gasteiger partial charge in [-0.15, -0.1) is 0 Å². The van der Waals surface area contributed by atoms with Crippen molar-refractivity contribution in [2.24, 2.45) is 0 Å². The van der Waals surface area contributed by atoms with Gasteiger partial charge in [0.2, 0.25) is 0 Å². The molecule has 2 aromatic heterocycles. The van der Waals surface area contributed by atoms with E-state index in [0.29, 0.717) is 22.9 Å². The maximum atomic E-state index is 12.5. The third kappa shape index (κ3) is 4.00. The molecule has 0 aliphatic heterocycles. The molecule has 28 heavy (non-hydrogen) atoms. The van der Waals surface area contributed by atoms with Crippen LogP contribution in [0.5, 0.6) is 0 Å². The van der Waals surface area contributed by atoms with E-state index in [9.17, 15) is 4.79 Å². The number of aromatic nitrogens is 2. The lowest BCUT2D eigenvalue weighted by Crippen LogP contribution is -2.25. The number of nitrogens with one attached hydrogen (secondary N) is 3. The Morgan fingerprint density at radius 2 is 1.89 bits per heavy atom. The fraction of sp³-hybridized carbons (Fsp3) is 0.0909. The zero-order valence-electron chi connectivity index (χ0n) is 15.1. The Kier molecular flexibility index (Phi) is 5.26. The van der Waals surface area contributed by atoms with Crippen LogP contribution in [0.3, 0.4) is 0 Å². The quantitative estimate of drug-likeness (QED) is 0.437. The zero-order valence-corrected chi connectivity index (χ0v) is 15.8. The molecule has 0 radical (unpaired) electrons. The van der Waals surface area contributed by atoms with Gasteiger partial charge in [-0.25, -0.2) is 4.98 Å². The topological polar surface area (TPSA) is 69.8 Å². The SMILES string of the molecule is O=C(NCCc1c[nH]c2ccccc12)c1ccnc(Nc2ccccc2Cl)c1. The smallest absolute Gasteiger partial charge is 0.251 e. The molecule has 0 saturated heterocycles. The highest BCUT2D eigenvalue weighted by Crippen LogP contribution is 2.24. The predicted molar refractivity (Wildman–Crippen MR) is 113 cm³/mol. The van der Waals surface area contributed by atoms with Crippen LogP contribution in [-0.4, -0.2) is 22.4 Å². The van der Waals surface area contributed by atoms with E-state index in [1.54, 1.807) is 24.4 Å². The highest BCUT2D eigenvalue weighted by Gasteiger charge is 2.09. The number of fused-ring (bicyclic) bond motifs is 1. The van der Waals surface area contributed by atoms with E-state index in [2.05, 4.69) is 26.7 Å². The molecule has 140 valence electrons. The number of aromatic amines is 1. The van der Waals surface area contributed by atoms with Crippen molar-refractivity contribution in [3.63, 3.8) is 0 Å². The first-order valence-corrected chi connectivity index (χ1v) is 9.39. The normalized spacial score (nSPS) is 10.8. The molecule has 0 aliphatic carbocycles. The van der Waals surface area contributed by atoms with E-state index >= 15 is 0 Å². The Morgan fingerprint density at radius 3 is 2.79 bits per heavy atom. The lowest BCUT2D eigenvalue weighted by Gasteiger charge is -2.09. The second-order valence-corrected chi connectivity index (χ2v) is 6.81. The van der Waals surface area contributed by atoms with E-state index in [4.69, 9.17) is 11.6 Å². The fourth-order valence-electron chi connectivity index (χ4n) is 3.09. The van der Waals surface area contributed by atoms with Crippen molar-refractivity contribution in [3.05, 3.63) is 89.2 Å². The minimum absolute atomic E-state index is 0.135. The summed E-state index contributed by atoms with van der Waals surface area (Å²) in [5, 5.41) is 7.89. The molecule has 6 heteroatoms. The molecule has 0 aliphatic rings. The molecular formula is C22H19ClN4O. The molecule has 4 rings (SSSR count). The average molecular weight is 391 g/mol. The number of halogens is 1. The summed E-state index contributed by atoms with van der Waals surface area (Å²) in [6.45, 7) is 0.552. The summed E-state index contributed by atoms with van der Waals surface area (Å²) in [7, 11) is 0. The third-order valence-electron chi connectivity index (χ3n) is 4.51. The van der Waals surface area contributed by atoms with E-state index in [0.717, 1.165) is 17.6 Å². The van der Waals surface area contributed by atoms with Gasteiger partial charge in [0.25, 0.3) is 5.91 Å². The number of nitrogens with zero attached hydrogens (tertiary/aromatic N) is 1. The number of hydrogen-bond donors (Lipinski definition) is 3. The molecule has 1 amide bonds. The summed E-state index contributed by atoms with van der Waals surface area (Å²) in [5.41, 5.74) is 3.58. The number of anilines is 2. The number of amides is 1. The van der Waals surface area contributed by atoms with E-state index in [1.165, 1.54) is 10.9 Å². The van der Waals surface area contributed by atoms with Gasteiger partial charge in [-0.2, -0.15) is 0 Å². The number of pyridine rings is 1. The highest BCUT2D eigenvalue weighted by molar-refractivity contribution is 6.33. The van der Waals surface area contributed by atoms with Crippen LogP contribution in [0.15, 0.2) is 73.1 Å².